The van der Waals surface area contributed by atoms with Crippen LogP contribution in [0.4, 0.5) is 0 Å². The molecule has 0 rings (SSSR count). The molecule has 5 heteroatoms. The number of hydrogen-bond acceptors (Lipinski definition) is 4. The molecule has 0 amide bonds. The van der Waals surface area contributed by atoms with Crippen LogP contribution in [-0.2, 0) is 4.57 Å². The van der Waals surface area contributed by atoms with E-state index < -0.39 is 5.55 Å². The van der Waals surface area contributed by atoms with E-state index in [1.807, 2.05) is 6.66 Å². The minimum atomic E-state index is -2.01. The van der Waals surface area contributed by atoms with Gasteiger partial charge in [-0.15, -0.1) is 0 Å². The first-order chi connectivity index (χ1) is 7.91. The highest BCUT2D eigenvalue weighted by Crippen LogP contribution is 2.66. The van der Waals surface area contributed by atoms with Crippen molar-refractivity contribution in [2.45, 2.75) is 34.1 Å². The fourth-order valence-electron chi connectivity index (χ4n) is 1.38. The van der Waals surface area contributed by atoms with Gasteiger partial charge in [-0.1, -0.05) is 50.5 Å². The zero-order chi connectivity index (χ0) is 13.3. The van der Waals surface area contributed by atoms with E-state index in [4.69, 9.17) is 0 Å². The van der Waals surface area contributed by atoms with Gasteiger partial charge < -0.3 is 9.46 Å². The van der Waals surface area contributed by atoms with E-state index in [1.54, 1.807) is 22.8 Å². The van der Waals surface area contributed by atoms with Gasteiger partial charge >= 0.3 is 0 Å². The van der Waals surface area contributed by atoms with Crippen LogP contribution in [0.15, 0.2) is 0 Å². The van der Waals surface area contributed by atoms with E-state index in [0.29, 0.717) is 5.92 Å². The lowest BCUT2D eigenvalue weighted by atomic mass is 10.3. The highest BCUT2D eigenvalue weighted by Gasteiger charge is 2.16. The highest BCUT2D eigenvalue weighted by atomic mass is 33.1. The topological polar surface area (TPSA) is 20.3 Å². The quantitative estimate of drug-likeness (QED) is 0.431. The molecule has 17 heavy (non-hydrogen) atoms. The Morgan fingerprint density at radius 2 is 1.76 bits per heavy atom. The molecule has 0 saturated heterocycles. The van der Waals surface area contributed by atoms with Crippen LogP contribution in [0.1, 0.15) is 34.1 Å². The summed E-state index contributed by atoms with van der Waals surface area (Å²) in [5, 5.41) is 0. The predicted molar refractivity (Wildman–Crippen MR) is 85.7 cm³/mol. The van der Waals surface area contributed by atoms with Gasteiger partial charge in [0.25, 0.3) is 0 Å². The lowest BCUT2D eigenvalue weighted by Gasteiger charge is -2.18. The molecule has 0 bridgehead atoms. The largest absolute Gasteiger partial charge is 0.304 e. The number of hydrogen-bond donors (Lipinski definition) is 0. The maximum Gasteiger partial charge on any atom is 0.188 e. The van der Waals surface area contributed by atoms with Gasteiger partial charge in [0.1, 0.15) is 0 Å². The van der Waals surface area contributed by atoms with Crippen LogP contribution < -0.4 is 0 Å². The summed E-state index contributed by atoms with van der Waals surface area (Å²) in [5.74, 6) is 2.66. The zero-order valence-electron chi connectivity index (χ0n) is 11.9. The third-order valence-corrected chi connectivity index (χ3v) is 10.4. The predicted octanol–water partition coefficient (Wildman–Crippen LogP) is 4.66. The first-order valence-corrected chi connectivity index (χ1v) is 11.8. The van der Waals surface area contributed by atoms with Crippen LogP contribution in [0.3, 0.4) is 0 Å². The maximum absolute atomic E-state index is 12.2. The smallest absolute Gasteiger partial charge is 0.188 e. The Hall–Kier alpha value is 0.890. The number of rotatable bonds is 10. The molecule has 0 aromatic heterocycles. The Morgan fingerprint density at radius 3 is 2.24 bits per heavy atom. The molecule has 0 N–H and O–H groups in total. The minimum Gasteiger partial charge on any atom is -0.304 e. The summed E-state index contributed by atoms with van der Waals surface area (Å²) >= 11 is 3.34. The second kappa shape index (κ2) is 9.77. The summed E-state index contributed by atoms with van der Waals surface area (Å²) in [6.45, 7) is 14.0. The third-order valence-electron chi connectivity index (χ3n) is 2.48. The van der Waals surface area contributed by atoms with Crippen molar-refractivity contribution < 1.29 is 4.57 Å². The molecule has 0 fully saturated rings. The Bertz CT molecular complexity index is 233. The fraction of sp³-hybridized carbons (Fsp3) is 1.00. The van der Waals surface area contributed by atoms with Gasteiger partial charge in [0, 0.05) is 18.2 Å². The van der Waals surface area contributed by atoms with Crippen LogP contribution >= 0.6 is 28.3 Å². The molecule has 0 spiro atoms. The molecule has 0 aromatic carbocycles. The van der Waals surface area contributed by atoms with Crippen molar-refractivity contribution in [3.8, 4) is 0 Å². The van der Waals surface area contributed by atoms with Crippen LogP contribution in [0.5, 0.6) is 0 Å². The molecular formula is C12H28NOPS2. The molecule has 0 aromatic rings. The summed E-state index contributed by atoms with van der Waals surface area (Å²) in [7, 11) is 0. The van der Waals surface area contributed by atoms with Crippen molar-refractivity contribution in [1.82, 2.24) is 4.90 Å². The van der Waals surface area contributed by atoms with E-state index in [2.05, 4.69) is 32.6 Å². The Balaban J connectivity index is 3.68. The summed E-state index contributed by atoms with van der Waals surface area (Å²) in [4.78, 5) is 2.42. The lowest BCUT2D eigenvalue weighted by molar-refractivity contribution is 0.305. The highest BCUT2D eigenvalue weighted by molar-refractivity contribution is 8.90. The molecule has 0 aliphatic heterocycles. The van der Waals surface area contributed by atoms with Crippen molar-refractivity contribution in [3.63, 3.8) is 0 Å². The Morgan fingerprint density at radius 1 is 1.18 bits per heavy atom. The van der Waals surface area contributed by atoms with Crippen molar-refractivity contribution in [2.75, 3.05) is 37.8 Å². The molecule has 1 unspecified atom stereocenters. The first kappa shape index (κ1) is 17.9. The van der Waals surface area contributed by atoms with Crippen LogP contribution in [0, 0.1) is 5.92 Å². The SMILES string of the molecule is CCN(CC)CCCSP(C)(=O)SCC(C)C. The third kappa shape index (κ3) is 10.5. The van der Waals surface area contributed by atoms with E-state index in [9.17, 15) is 4.57 Å². The van der Waals surface area contributed by atoms with E-state index in [-0.39, 0.29) is 0 Å². The first-order valence-electron chi connectivity index (χ1n) is 6.50. The standard InChI is InChI=1S/C12H28NOPS2/c1-6-13(7-2)9-8-10-16-15(5,14)17-11-12(3)4/h12H,6-11H2,1-5H3. The summed E-state index contributed by atoms with van der Waals surface area (Å²) < 4.78 is 12.2. The molecule has 1 atom stereocenters. The average Bonchev–Trinajstić information content (AvgIpc) is 2.27. The zero-order valence-corrected chi connectivity index (χ0v) is 14.5. The molecule has 104 valence electrons. The van der Waals surface area contributed by atoms with E-state index >= 15 is 0 Å². The monoisotopic (exact) mass is 297 g/mol. The van der Waals surface area contributed by atoms with Crippen LogP contribution in [-0.4, -0.2) is 42.7 Å². The molecule has 0 aliphatic rings. The molecular weight excluding hydrogens is 269 g/mol. The van der Waals surface area contributed by atoms with Gasteiger partial charge in [-0.05, 0) is 32.0 Å². The lowest BCUT2D eigenvalue weighted by Crippen LogP contribution is -2.24. The molecule has 0 aliphatic carbocycles. The molecule has 0 saturated carbocycles. The van der Waals surface area contributed by atoms with Crippen molar-refractivity contribution in [3.05, 3.63) is 0 Å². The maximum atomic E-state index is 12.2. The van der Waals surface area contributed by atoms with Crippen LogP contribution in [0.2, 0.25) is 0 Å². The van der Waals surface area contributed by atoms with Crippen molar-refractivity contribution in [2.24, 2.45) is 5.92 Å². The summed E-state index contributed by atoms with van der Waals surface area (Å²) in [6.07, 6.45) is 1.15. The van der Waals surface area contributed by atoms with E-state index in [1.165, 1.54) is 0 Å². The fourth-order valence-corrected chi connectivity index (χ4v) is 7.82. The molecule has 0 heterocycles. The van der Waals surface area contributed by atoms with Gasteiger partial charge in [0.2, 0.25) is 0 Å². The van der Waals surface area contributed by atoms with Gasteiger partial charge in [-0.3, -0.25) is 0 Å². The number of nitrogens with zero attached hydrogens (tertiary/aromatic N) is 1. The normalized spacial score (nSPS) is 15.5. The average molecular weight is 297 g/mol. The second-order valence-corrected chi connectivity index (χ2v) is 13.9. The van der Waals surface area contributed by atoms with Gasteiger partial charge in [0.15, 0.2) is 5.55 Å². The minimum absolute atomic E-state index is 0.629. The Kier molecular flexibility index (Phi) is 10.3. The van der Waals surface area contributed by atoms with Gasteiger partial charge in [-0.2, -0.15) is 0 Å². The van der Waals surface area contributed by atoms with Crippen molar-refractivity contribution in [1.29, 1.82) is 0 Å². The summed E-state index contributed by atoms with van der Waals surface area (Å²) in [6, 6.07) is 0. The van der Waals surface area contributed by atoms with Gasteiger partial charge in [0.05, 0.1) is 0 Å². The van der Waals surface area contributed by atoms with Crippen LogP contribution in [0.25, 0.3) is 0 Å². The van der Waals surface area contributed by atoms with Crippen molar-refractivity contribution >= 4 is 28.3 Å². The molecule has 0 radical (unpaired) electrons. The summed E-state index contributed by atoms with van der Waals surface area (Å²) in [5.41, 5.74) is -2.01. The molecule has 2 nitrogen and oxygen atoms in total. The Labute approximate surface area is 116 Å². The second-order valence-electron chi connectivity index (χ2n) is 4.67. The van der Waals surface area contributed by atoms with E-state index in [0.717, 1.165) is 37.6 Å². The van der Waals surface area contributed by atoms with Gasteiger partial charge in [-0.25, -0.2) is 0 Å².